The molecule has 0 fully saturated rings. The van der Waals surface area contributed by atoms with Crippen LogP contribution in [0.15, 0.2) is 24.9 Å². The standard InChI is InChI=1S/C14H20ClN5/c1-3-5-18-13(11-7-16-10-17-8-11)14-12(15)9-19-20(14)6-4-2/h7-10,13,18H,3-6H2,1-2H3. The van der Waals surface area contributed by atoms with Gasteiger partial charge in [0.1, 0.15) is 6.33 Å². The van der Waals surface area contributed by atoms with Crippen molar-refractivity contribution in [1.82, 2.24) is 25.1 Å². The van der Waals surface area contributed by atoms with Crippen LogP contribution in [0, 0.1) is 0 Å². The maximum Gasteiger partial charge on any atom is 0.115 e. The highest BCUT2D eigenvalue weighted by Gasteiger charge is 2.21. The topological polar surface area (TPSA) is 55.6 Å². The van der Waals surface area contributed by atoms with Gasteiger partial charge in [-0.1, -0.05) is 25.4 Å². The van der Waals surface area contributed by atoms with Gasteiger partial charge < -0.3 is 5.32 Å². The zero-order valence-corrected chi connectivity index (χ0v) is 12.6. The monoisotopic (exact) mass is 293 g/mol. The third-order valence-corrected chi connectivity index (χ3v) is 3.35. The fraction of sp³-hybridized carbons (Fsp3) is 0.500. The van der Waals surface area contributed by atoms with Crippen LogP contribution in [0.1, 0.15) is 44.0 Å². The Morgan fingerprint density at radius 2 is 1.95 bits per heavy atom. The highest BCUT2D eigenvalue weighted by Crippen LogP contribution is 2.27. The summed E-state index contributed by atoms with van der Waals surface area (Å²) in [7, 11) is 0. The third kappa shape index (κ3) is 3.35. The van der Waals surface area contributed by atoms with E-state index in [9.17, 15) is 0 Å². The second-order valence-corrected chi connectivity index (χ2v) is 5.07. The lowest BCUT2D eigenvalue weighted by Gasteiger charge is -2.20. The molecule has 2 aromatic rings. The number of aryl methyl sites for hydroxylation is 1. The van der Waals surface area contributed by atoms with Gasteiger partial charge in [-0.25, -0.2) is 9.97 Å². The van der Waals surface area contributed by atoms with Crippen molar-refractivity contribution >= 4 is 11.6 Å². The molecule has 2 aromatic heterocycles. The van der Waals surface area contributed by atoms with Crippen LogP contribution in [0.5, 0.6) is 0 Å². The minimum absolute atomic E-state index is 0.0299. The Labute approximate surface area is 124 Å². The molecular weight excluding hydrogens is 274 g/mol. The van der Waals surface area contributed by atoms with E-state index in [1.807, 2.05) is 17.1 Å². The van der Waals surface area contributed by atoms with E-state index in [1.165, 1.54) is 6.33 Å². The molecule has 2 rings (SSSR count). The average molecular weight is 294 g/mol. The van der Waals surface area contributed by atoms with Crippen LogP contribution in [-0.2, 0) is 6.54 Å². The molecule has 0 saturated carbocycles. The lowest BCUT2D eigenvalue weighted by molar-refractivity contribution is 0.510. The molecule has 2 heterocycles. The molecule has 0 aliphatic carbocycles. The number of hydrogen-bond acceptors (Lipinski definition) is 4. The fourth-order valence-corrected chi connectivity index (χ4v) is 2.42. The molecule has 6 heteroatoms. The zero-order chi connectivity index (χ0) is 14.4. The minimum atomic E-state index is -0.0299. The maximum atomic E-state index is 6.34. The molecule has 0 spiro atoms. The molecule has 0 aliphatic rings. The Kier molecular flexibility index (Phi) is 5.49. The second-order valence-electron chi connectivity index (χ2n) is 4.66. The maximum absolute atomic E-state index is 6.34. The number of rotatable bonds is 7. The van der Waals surface area contributed by atoms with E-state index < -0.39 is 0 Å². The zero-order valence-electron chi connectivity index (χ0n) is 11.9. The van der Waals surface area contributed by atoms with Crippen molar-refractivity contribution in [2.45, 2.75) is 39.3 Å². The van der Waals surface area contributed by atoms with Gasteiger partial charge in [-0.05, 0) is 19.4 Å². The smallest absolute Gasteiger partial charge is 0.115 e. The number of nitrogens with one attached hydrogen (secondary N) is 1. The first-order valence-electron chi connectivity index (χ1n) is 6.97. The van der Waals surface area contributed by atoms with Crippen LogP contribution >= 0.6 is 11.6 Å². The van der Waals surface area contributed by atoms with Crippen LogP contribution < -0.4 is 5.32 Å². The van der Waals surface area contributed by atoms with Crippen LogP contribution in [-0.4, -0.2) is 26.3 Å². The lowest BCUT2D eigenvalue weighted by Crippen LogP contribution is -2.26. The second kappa shape index (κ2) is 7.36. The van der Waals surface area contributed by atoms with Crippen molar-refractivity contribution in [1.29, 1.82) is 0 Å². The van der Waals surface area contributed by atoms with Gasteiger partial charge in [0.05, 0.1) is 23.0 Å². The van der Waals surface area contributed by atoms with Crippen LogP contribution in [0.4, 0.5) is 0 Å². The molecule has 1 atom stereocenters. The molecule has 108 valence electrons. The minimum Gasteiger partial charge on any atom is -0.305 e. The van der Waals surface area contributed by atoms with E-state index in [2.05, 4.69) is 34.2 Å². The van der Waals surface area contributed by atoms with Gasteiger partial charge in [-0.2, -0.15) is 5.10 Å². The summed E-state index contributed by atoms with van der Waals surface area (Å²) >= 11 is 6.34. The Bertz CT molecular complexity index is 526. The van der Waals surface area contributed by atoms with E-state index in [0.29, 0.717) is 5.02 Å². The van der Waals surface area contributed by atoms with Gasteiger partial charge >= 0.3 is 0 Å². The molecule has 0 aliphatic heterocycles. The van der Waals surface area contributed by atoms with Gasteiger partial charge in [0, 0.05) is 24.5 Å². The molecule has 0 radical (unpaired) electrons. The molecule has 0 saturated heterocycles. The third-order valence-electron chi connectivity index (χ3n) is 3.05. The van der Waals surface area contributed by atoms with E-state index in [-0.39, 0.29) is 6.04 Å². The van der Waals surface area contributed by atoms with Crippen LogP contribution in [0.25, 0.3) is 0 Å². The highest BCUT2D eigenvalue weighted by molar-refractivity contribution is 6.31. The first-order chi connectivity index (χ1) is 9.77. The number of nitrogens with zero attached hydrogens (tertiary/aromatic N) is 4. The van der Waals surface area contributed by atoms with Crippen LogP contribution in [0.3, 0.4) is 0 Å². The first-order valence-corrected chi connectivity index (χ1v) is 7.35. The molecule has 0 amide bonds. The molecule has 1 unspecified atom stereocenters. The quantitative estimate of drug-likeness (QED) is 0.853. The van der Waals surface area contributed by atoms with Crippen molar-refractivity contribution in [2.24, 2.45) is 0 Å². The van der Waals surface area contributed by atoms with Crippen molar-refractivity contribution in [3.8, 4) is 0 Å². The lowest BCUT2D eigenvalue weighted by atomic mass is 10.1. The van der Waals surface area contributed by atoms with Gasteiger partial charge in [0.15, 0.2) is 0 Å². The summed E-state index contributed by atoms with van der Waals surface area (Å²) in [5.74, 6) is 0. The van der Waals surface area contributed by atoms with E-state index >= 15 is 0 Å². The fourth-order valence-electron chi connectivity index (χ4n) is 2.17. The summed E-state index contributed by atoms with van der Waals surface area (Å²) in [6.07, 6.45) is 8.93. The Hall–Kier alpha value is -1.46. The number of hydrogen-bond donors (Lipinski definition) is 1. The van der Waals surface area contributed by atoms with E-state index in [1.54, 1.807) is 6.20 Å². The number of aromatic nitrogens is 4. The predicted molar refractivity (Wildman–Crippen MR) is 79.7 cm³/mol. The summed E-state index contributed by atoms with van der Waals surface area (Å²) in [4.78, 5) is 8.21. The Morgan fingerprint density at radius 3 is 2.60 bits per heavy atom. The average Bonchev–Trinajstić information content (AvgIpc) is 2.83. The molecule has 0 aromatic carbocycles. The summed E-state index contributed by atoms with van der Waals surface area (Å²) in [5.41, 5.74) is 1.98. The van der Waals surface area contributed by atoms with Crippen molar-refractivity contribution < 1.29 is 0 Å². The summed E-state index contributed by atoms with van der Waals surface area (Å²) in [6, 6.07) is -0.0299. The van der Waals surface area contributed by atoms with Gasteiger partial charge in [-0.3, -0.25) is 4.68 Å². The molecular formula is C14H20ClN5. The largest absolute Gasteiger partial charge is 0.305 e. The summed E-state index contributed by atoms with van der Waals surface area (Å²) < 4.78 is 1.96. The van der Waals surface area contributed by atoms with Crippen molar-refractivity contribution in [3.05, 3.63) is 41.2 Å². The van der Waals surface area contributed by atoms with E-state index in [0.717, 1.165) is 37.2 Å². The molecule has 0 bridgehead atoms. The van der Waals surface area contributed by atoms with Gasteiger partial charge in [0.25, 0.3) is 0 Å². The van der Waals surface area contributed by atoms with Gasteiger partial charge in [0.2, 0.25) is 0 Å². The Morgan fingerprint density at radius 1 is 1.20 bits per heavy atom. The summed E-state index contributed by atoms with van der Waals surface area (Å²) in [6.45, 7) is 6.00. The van der Waals surface area contributed by atoms with E-state index in [4.69, 9.17) is 11.6 Å². The number of halogens is 1. The van der Waals surface area contributed by atoms with Crippen molar-refractivity contribution in [3.63, 3.8) is 0 Å². The summed E-state index contributed by atoms with van der Waals surface area (Å²) in [5, 5.41) is 8.54. The molecule has 1 N–H and O–H groups in total. The van der Waals surface area contributed by atoms with Gasteiger partial charge in [-0.15, -0.1) is 0 Å². The molecule has 20 heavy (non-hydrogen) atoms. The Balaban J connectivity index is 2.38. The first kappa shape index (κ1) is 14.9. The highest BCUT2D eigenvalue weighted by atomic mass is 35.5. The normalized spacial score (nSPS) is 12.6. The SMILES string of the molecule is CCCNC(c1cncnc1)c1c(Cl)cnn1CCC. The van der Waals surface area contributed by atoms with Crippen LogP contribution in [0.2, 0.25) is 5.02 Å². The van der Waals surface area contributed by atoms with Crippen molar-refractivity contribution in [2.75, 3.05) is 6.54 Å². The predicted octanol–water partition coefficient (Wildman–Crippen LogP) is 2.83. The molecule has 5 nitrogen and oxygen atoms in total.